The number of rotatable bonds is 2. The van der Waals surface area contributed by atoms with E-state index in [1.807, 2.05) is 29.6 Å². The highest BCUT2D eigenvalue weighted by molar-refractivity contribution is 14.1. The van der Waals surface area contributed by atoms with E-state index in [1.165, 1.54) is 11.3 Å². The molecule has 14 heavy (non-hydrogen) atoms. The highest BCUT2D eigenvalue weighted by Crippen LogP contribution is 2.22. The number of aliphatic hydroxyl groups excluding tert-OH is 1. The summed E-state index contributed by atoms with van der Waals surface area (Å²) in [6.45, 7) is 0. The largest absolute Gasteiger partial charge is 0.382 e. The second-order valence-corrected chi connectivity index (χ2v) is 4.83. The van der Waals surface area contributed by atoms with Gasteiger partial charge in [-0.05, 0) is 40.3 Å². The summed E-state index contributed by atoms with van der Waals surface area (Å²) in [5.41, 5.74) is 3.33. The molecule has 4 heteroatoms. The number of nitrogens with zero attached hydrogens (tertiary/aromatic N) is 1. The monoisotopic (exact) mass is 317 g/mol. The first-order valence-corrected chi connectivity index (χ1v) is 6.11. The highest BCUT2D eigenvalue weighted by atomic mass is 127. The minimum Gasteiger partial charge on any atom is -0.382 e. The topological polar surface area (TPSA) is 33.1 Å². The van der Waals surface area contributed by atoms with E-state index >= 15 is 0 Å². The first-order chi connectivity index (χ1) is 6.77. The third-order valence-corrected chi connectivity index (χ3v) is 3.24. The Morgan fingerprint density at radius 1 is 1.29 bits per heavy atom. The van der Waals surface area contributed by atoms with Crippen LogP contribution in [-0.2, 0) is 0 Å². The fourth-order valence-electron chi connectivity index (χ4n) is 1.17. The van der Waals surface area contributed by atoms with Crippen LogP contribution in [0, 0.1) is 3.57 Å². The zero-order valence-electron chi connectivity index (χ0n) is 7.22. The maximum absolute atomic E-state index is 9.91. The number of thiazole rings is 1. The molecule has 0 saturated heterocycles. The summed E-state index contributed by atoms with van der Waals surface area (Å²) >= 11 is 3.73. The lowest BCUT2D eigenvalue weighted by molar-refractivity contribution is 0.216. The molecule has 0 aliphatic carbocycles. The van der Waals surface area contributed by atoms with Crippen LogP contribution in [0.2, 0.25) is 0 Å². The van der Waals surface area contributed by atoms with Crippen molar-refractivity contribution in [3.05, 3.63) is 50.0 Å². The molecule has 0 saturated carbocycles. The lowest BCUT2D eigenvalue weighted by Crippen LogP contribution is -1.99. The Morgan fingerprint density at radius 3 is 2.57 bits per heavy atom. The summed E-state index contributed by atoms with van der Waals surface area (Å²) in [4.78, 5) is 4.08. The van der Waals surface area contributed by atoms with Gasteiger partial charge in [-0.25, -0.2) is 4.98 Å². The van der Waals surface area contributed by atoms with Crippen molar-refractivity contribution in [1.29, 1.82) is 0 Å². The quantitative estimate of drug-likeness (QED) is 0.864. The molecule has 2 aromatic rings. The molecular weight excluding hydrogens is 309 g/mol. The van der Waals surface area contributed by atoms with Gasteiger partial charge in [-0.3, -0.25) is 0 Å². The average Bonchev–Trinajstić information content (AvgIpc) is 2.71. The smallest absolute Gasteiger partial charge is 0.122 e. The van der Waals surface area contributed by atoms with Crippen molar-refractivity contribution in [2.45, 2.75) is 6.10 Å². The van der Waals surface area contributed by atoms with Crippen molar-refractivity contribution in [2.75, 3.05) is 0 Å². The molecule has 0 aliphatic heterocycles. The van der Waals surface area contributed by atoms with Crippen molar-refractivity contribution in [2.24, 2.45) is 0 Å². The Labute approximate surface area is 99.8 Å². The van der Waals surface area contributed by atoms with E-state index in [0.29, 0.717) is 0 Å². The van der Waals surface area contributed by atoms with Gasteiger partial charge in [-0.15, -0.1) is 11.3 Å². The molecule has 0 spiro atoms. The number of halogens is 1. The molecule has 0 aliphatic rings. The van der Waals surface area contributed by atoms with Crippen LogP contribution in [0.5, 0.6) is 0 Å². The second-order valence-electron chi connectivity index (χ2n) is 2.87. The van der Waals surface area contributed by atoms with E-state index < -0.39 is 6.10 Å². The van der Waals surface area contributed by atoms with Crippen LogP contribution in [0.25, 0.3) is 0 Å². The van der Waals surface area contributed by atoms with Gasteiger partial charge < -0.3 is 5.11 Å². The summed E-state index contributed by atoms with van der Waals surface area (Å²) in [6.07, 6.45) is -0.599. The predicted molar refractivity (Wildman–Crippen MR) is 65.3 cm³/mol. The molecule has 1 aromatic heterocycles. The highest BCUT2D eigenvalue weighted by Gasteiger charge is 2.11. The molecule has 0 fully saturated rings. The van der Waals surface area contributed by atoms with Crippen molar-refractivity contribution >= 4 is 33.9 Å². The predicted octanol–water partition coefficient (Wildman–Crippen LogP) is 2.83. The molecule has 1 atom stereocenters. The molecular formula is C10H8INOS. The van der Waals surface area contributed by atoms with E-state index in [9.17, 15) is 5.11 Å². The maximum atomic E-state index is 9.91. The molecule has 0 radical (unpaired) electrons. The molecule has 0 bridgehead atoms. The Bertz CT molecular complexity index is 399. The van der Waals surface area contributed by atoms with Crippen LogP contribution in [0.1, 0.15) is 17.4 Å². The molecule has 0 amide bonds. The Hall–Kier alpha value is -0.460. The Balaban J connectivity index is 2.28. The first-order valence-electron chi connectivity index (χ1n) is 4.09. The van der Waals surface area contributed by atoms with Crippen LogP contribution >= 0.6 is 33.9 Å². The number of benzene rings is 1. The molecule has 1 unspecified atom stereocenters. The number of hydrogen-bond acceptors (Lipinski definition) is 3. The Morgan fingerprint density at radius 2 is 2.00 bits per heavy atom. The fourth-order valence-corrected chi connectivity index (χ4v) is 2.10. The van der Waals surface area contributed by atoms with E-state index in [2.05, 4.69) is 27.6 Å². The van der Waals surface area contributed by atoms with Crippen LogP contribution in [-0.4, -0.2) is 10.1 Å². The number of aromatic nitrogens is 1. The third kappa shape index (κ3) is 2.13. The lowest BCUT2D eigenvalue weighted by atomic mass is 10.1. The van der Waals surface area contributed by atoms with Gasteiger partial charge in [-0.1, -0.05) is 12.1 Å². The molecule has 72 valence electrons. The zero-order chi connectivity index (χ0) is 9.97. The Kier molecular flexibility index (Phi) is 3.15. The zero-order valence-corrected chi connectivity index (χ0v) is 10.2. The molecule has 2 nitrogen and oxygen atoms in total. The summed E-state index contributed by atoms with van der Waals surface area (Å²) in [6, 6.07) is 7.80. The van der Waals surface area contributed by atoms with Gasteiger partial charge in [0.05, 0.1) is 11.2 Å². The lowest BCUT2D eigenvalue weighted by Gasteiger charge is -2.07. The van der Waals surface area contributed by atoms with E-state index in [-0.39, 0.29) is 0 Å². The third-order valence-electron chi connectivity index (χ3n) is 1.92. The summed E-state index contributed by atoms with van der Waals surface area (Å²) in [5, 5.41) is 11.8. The van der Waals surface area contributed by atoms with Gasteiger partial charge in [0.15, 0.2) is 0 Å². The van der Waals surface area contributed by atoms with Crippen LogP contribution in [0.15, 0.2) is 35.2 Å². The molecule has 1 heterocycles. The van der Waals surface area contributed by atoms with Crippen molar-refractivity contribution in [3.63, 3.8) is 0 Å². The summed E-state index contributed by atoms with van der Waals surface area (Å²) in [5.74, 6) is 0. The van der Waals surface area contributed by atoms with E-state index in [0.717, 1.165) is 14.8 Å². The summed E-state index contributed by atoms with van der Waals surface area (Å²) in [7, 11) is 0. The summed E-state index contributed by atoms with van der Waals surface area (Å²) < 4.78 is 1.16. The minimum absolute atomic E-state index is 0.599. The number of hydrogen-bond donors (Lipinski definition) is 1. The van der Waals surface area contributed by atoms with Gasteiger partial charge in [0.2, 0.25) is 0 Å². The second kappa shape index (κ2) is 4.37. The van der Waals surface area contributed by atoms with Crippen molar-refractivity contribution in [1.82, 2.24) is 4.98 Å². The number of aliphatic hydroxyl groups is 1. The van der Waals surface area contributed by atoms with Crippen LogP contribution < -0.4 is 0 Å². The van der Waals surface area contributed by atoms with Gasteiger partial charge in [-0.2, -0.15) is 0 Å². The van der Waals surface area contributed by atoms with Crippen LogP contribution in [0.4, 0.5) is 0 Å². The normalized spacial score (nSPS) is 12.7. The first kappa shape index (κ1) is 10.1. The molecule has 2 rings (SSSR count). The average molecular weight is 317 g/mol. The van der Waals surface area contributed by atoms with Gasteiger partial charge >= 0.3 is 0 Å². The molecule has 1 aromatic carbocycles. The van der Waals surface area contributed by atoms with Crippen molar-refractivity contribution in [3.8, 4) is 0 Å². The maximum Gasteiger partial charge on any atom is 0.122 e. The van der Waals surface area contributed by atoms with Crippen molar-refractivity contribution < 1.29 is 5.11 Å². The fraction of sp³-hybridized carbons (Fsp3) is 0.100. The minimum atomic E-state index is -0.599. The van der Waals surface area contributed by atoms with Gasteiger partial charge in [0, 0.05) is 8.95 Å². The van der Waals surface area contributed by atoms with Gasteiger partial charge in [0.25, 0.3) is 0 Å². The standard InChI is InChI=1S/C10H8INOS/c11-8-3-1-7(2-4-8)10(13)9-5-14-6-12-9/h1-6,10,13H. The van der Waals surface area contributed by atoms with E-state index in [4.69, 9.17) is 0 Å². The van der Waals surface area contributed by atoms with Crippen LogP contribution in [0.3, 0.4) is 0 Å². The van der Waals surface area contributed by atoms with Gasteiger partial charge in [0.1, 0.15) is 6.10 Å². The molecule has 1 N–H and O–H groups in total. The van der Waals surface area contributed by atoms with E-state index in [1.54, 1.807) is 5.51 Å². The SMILES string of the molecule is OC(c1ccc(I)cc1)c1cscn1.